The van der Waals surface area contributed by atoms with Crippen molar-refractivity contribution in [1.82, 2.24) is 9.80 Å². The van der Waals surface area contributed by atoms with Crippen molar-refractivity contribution in [2.24, 2.45) is 10.9 Å². The van der Waals surface area contributed by atoms with E-state index in [1.807, 2.05) is 25.7 Å². The van der Waals surface area contributed by atoms with Crippen molar-refractivity contribution in [2.45, 2.75) is 73.0 Å². The maximum atomic E-state index is 12.4. The fraction of sp³-hybridized carbons (Fsp3) is 0.652. The molecule has 5 nitrogen and oxygen atoms in total. The molecule has 1 unspecified atom stereocenters. The van der Waals surface area contributed by atoms with Crippen LogP contribution in [0.5, 0.6) is 0 Å². The van der Waals surface area contributed by atoms with Crippen LogP contribution in [0.15, 0.2) is 40.7 Å². The van der Waals surface area contributed by atoms with Gasteiger partial charge in [0.25, 0.3) is 0 Å². The minimum absolute atomic E-state index is 0.213. The molecule has 0 aromatic heterocycles. The number of ether oxygens (including phenoxy) is 1. The molecule has 2 aliphatic rings. The van der Waals surface area contributed by atoms with Crippen LogP contribution in [0, 0.1) is 5.92 Å². The molecule has 1 atom stereocenters. The van der Waals surface area contributed by atoms with Crippen LogP contribution < -0.4 is 0 Å². The normalized spacial score (nSPS) is 22.8. The van der Waals surface area contributed by atoms with Crippen molar-refractivity contribution in [2.75, 3.05) is 19.6 Å². The van der Waals surface area contributed by atoms with Crippen LogP contribution in [0.3, 0.4) is 0 Å². The van der Waals surface area contributed by atoms with Crippen molar-refractivity contribution in [3.63, 3.8) is 0 Å². The van der Waals surface area contributed by atoms with Crippen LogP contribution in [0.4, 0.5) is 4.79 Å². The Morgan fingerprint density at radius 3 is 2.32 bits per heavy atom. The predicted molar refractivity (Wildman–Crippen MR) is 116 cm³/mol. The first-order chi connectivity index (χ1) is 13.1. The summed E-state index contributed by atoms with van der Waals surface area (Å²) in [6.45, 7) is 20.1. The van der Waals surface area contributed by atoms with E-state index in [1.54, 1.807) is 6.20 Å². The number of amides is 1. The van der Waals surface area contributed by atoms with Crippen LogP contribution in [-0.2, 0) is 4.74 Å². The van der Waals surface area contributed by atoms with Crippen LogP contribution >= 0.6 is 0 Å². The van der Waals surface area contributed by atoms with Gasteiger partial charge in [0.2, 0.25) is 0 Å². The number of hydrogen-bond acceptors (Lipinski definition) is 4. The summed E-state index contributed by atoms with van der Waals surface area (Å²) >= 11 is 0. The number of nitrogens with zero attached hydrogens (tertiary/aromatic N) is 3. The number of piperazine rings is 1. The second-order valence-corrected chi connectivity index (χ2v) is 8.84. The molecule has 2 fully saturated rings. The van der Waals surface area contributed by atoms with Crippen molar-refractivity contribution in [1.29, 1.82) is 0 Å². The highest BCUT2D eigenvalue weighted by Crippen LogP contribution is 2.42. The Morgan fingerprint density at radius 2 is 1.86 bits per heavy atom. The molecule has 0 spiro atoms. The standard InChI is InChI=1S/C23H37N3O2/c1-9-20(19-11-12-19)21(17(4)24-10-2)18(5)26-14-13-25(15-16(26)3)22(27)28-23(6,7)8/h9-10,16,19H,2,11-15H2,1,3-8H3/b20-9-,21-18-,24-17?. The lowest BCUT2D eigenvalue weighted by Gasteiger charge is -2.42. The number of rotatable bonds is 5. The van der Waals surface area contributed by atoms with Crippen molar-refractivity contribution < 1.29 is 9.53 Å². The molecule has 0 aromatic rings. The third kappa shape index (κ3) is 5.49. The van der Waals surface area contributed by atoms with E-state index in [9.17, 15) is 4.79 Å². The first-order valence-corrected chi connectivity index (χ1v) is 10.4. The van der Waals surface area contributed by atoms with E-state index < -0.39 is 5.60 Å². The van der Waals surface area contributed by atoms with E-state index in [0.717, 1.165) is 12.3 Å². The van der Waals surface area contributed by atoms with Crippen LogP contribution in [0.1, 0.15) is 61.3 Å². The van der Waals surface area contributed by atoms with Gasteiger partial charge in [-0.15, -0.1) is 0 Å². The molecule has 0 N–H and O–H groups in total. The Morgan fingerprint density at radius 1 is 1.21 bits per heavy atom. The summed E-state index contributed by atoms with van der Waals surface area (Å²) in [4.78, 5) is 21.2. The lowest BCUT2D eigenvalue weighted by Crippen LogP contribution is -2.54. The van der Waals surface area contributed by atoms with E-state index in [2.05, 4.69) is 50.2 Å². The molecule has 1 amide bonds. The Balaban J connectivity index is 2.25. The molecule has 156 valence electrons. The summed E-state index contributed by atoms with van der Waals surface area (Å²) in [6.07, 6.45) is 6.13. The molecular weight excluding hydrogens is 350 g/mol. The maximum absolute atomic E-state index is 12.4. The van der Waals surface area contributed by atoms with E-state index in [4.69, 9.17) is 4.74 Å². The molecule has 0 aromatic carbocycles. The van der Waals surface area contributed by atoms with Gasteiger partial charge in [0, 0.05) is 48.9 Å². The van der Waals surface area contributed by atoms with E-state index in [0.29, 0.717) is 19.0 Å². The van der Waals surface area contributed by atoms with Gasteiger partial charge in [-0.25, -0.2) is 4.79 Å². The molecule has 1 saturated heterocycles. The number of allylic oxidation sites excluding steroid dienone is 4. The molecule has 0 radical (unpaired) electrons. The first kappa shape index (κ1) is 22.3. The highest BCUT2D eigenvalue weighted by Gasteiger charge is 2.34. The second kappa shape index (κ2) is 8.97. The highest BCUT2D eigenvalue weighted by atomic mass is 16.6. The third-order valence-corrected chi connectivity index (χ3v) is 5.34. The van der Waals surface area contributed by atoms with E-state index in [-0.39, 0.29) is 12.1 Å². The predicted octanol–water partition coefficient (Wildman–Crippen LogP) is 5.16. The zero-order valence-corrected chi connectivity index (χ0v) is 18.7. The average molecular weight is 388 g/mol. The largest absolute Gasteiger partial charge is 0.444 e. The molecule has 28 heavy (non-hydrogen) atoms. The minimum atomic E-state index is -0.468. The summed E-state index contributed by atoms with van der Waals surface area (Å²) in [6, 6.07) is 0.213. The van der Waals surface area contributed by atoms with Crippen LogP contribution in [0.25, 0.3) is 0 Å². The second-order valence-electron chi connectivity index (χ2n) is 8.84. The summed E-state index contributed by atoms with van der Waals surface area (Å²) in [7, 11) is 0. The molecule has 1 aliphatic heterocycles. The van der Waals surface area contributed by atoms with Gasteiger partial charge in [-0.2, -0.15) is 0 Å². The average Bonchev–Trinajstić information content (AvgIpc) is 3.42. The third-order valence-electron chi connectivity index (χ3n) is 5.34. The van der Waals surface area contributed by atoms with Gasteiger partial charge in [-0.05, 0) is 72.8 Å². The molecule has 0 bridgehead atoms. The minimum Gasteiger partial charge on any atom is -0.444 e. The van der Waals surface area contributed by atoms with Gasteiger partial charge in [0.05, 0.1) is 0 Å². The van der Waals surface area contributed by atoms with Gasteiger partial charge >= 0.3 is 6.09 Å². The smallest absolute Gasteiger partial charge is 0.410 e. The summed E-state index contributed by atoms with van der Waals surface area (Å²) < 4.78 is 5.55. The summed E-state index contributed by atoms with van der Waals surface area (Å²) in [5.74, 6) is 0.642. The number of hydrogen-bond donors (Lipinski definition) is 0. The quantitative estimate of drug-likeness (QED) is 0.483. The monoisotopic (exact) mass is 387 g/mol. The van der Waals surface area contributed by atoms with Crippen LogP contribution in [-0.4, -0.2) is 52.9 Å². The Kier molecular flexibility index (Phi) is 7.13. The summed E-state index contributed by atoms with van der Waals surface area (Å²) in [5, 5.41) is 0. The van der Waals surface area contributed by atoms with Crippen molar-refractivity contribution in [3.05, 3.63) is 35.7 Å². The SMILES string of the molecule is C=CN=C(C)C(/C(=C\C)C1CC1)=C(\C)N1CCN(C(=O)OC(C)(C)C)CC1C. The lowest BCUT2D eigenvalue weighted by atomic mass is 9.94. The number of carbonyl (C=O) groups is 1. The first-order valence-electron chi connectivity index (χ1n) is 10.4. The van der Waals surface area contributed by atoms with E-state index in [1.165, 1.54) is 29.7 Å². The van der Waals surface area contributed by atoms with Crippen LogP contribution in [0.2, 0.25) is 0 Å². The van der Waals surface area contributed by atoms with E-state index >= 15 is 0 Å². The zero-order valence-electron chi connectivity index (χ0n) is 18.7. The Hall–Kier alpha value is -2.04. The zero-order chi connectivity index (χ0) is 21.1. The summed E-state index contributed by atoms with van der Waals surface area (Å²) in [5.41, 5.74) is 4.41. The Bertz CT molecular complexity index is 693. The lowest BCUT2D eigenvalue weighted by molar-refractivity contribution is 0.0101. The highest BCUT2D eigenvalue weighted by molar-refractivity contribution is 6.03. The number of aliphatic imine (C=N–C) groups is 1. The van der Waals surface area contributed by atoms with Gasteiger partial charge < -0.3 is 14.5 Å². The Labute approximate surface area is 170 Å². The molecular formula is C23H37N3O2. The van der Waals surface area contributed by atoms with Gasteiger partial charge in [-0.1, -0.05) is 12.7 Å². The molecule has 2 rings (SSSR count). The maximum Gasteiger partial charge on any atom is 0.410 e. The fourth-order valence-corrected chi connectivity index (χ4v) is 3.95. The van der Waals surface area contributed by atoms with Gasteiger partial charge in [-0.3, -0.25) is 4.99 Å². The topological polar surface area (TPSA) is 45.1 Å². The van der Waals surface area contributed by atoms with Gasteiger partial charge in [0.1, 0.15) is 5.60 Å². The molecule has 5 heteroatoms. The molecule has 1 aliphatic carbocycles. The van der Waals surface area contributed by atoms with Gasteiger partial charge in [0.15, 0.2) is 0 Å². The van der Waals surface area contributed by atoms with Crippen molar-refractivity contribution >= 4 is 11.8 Å². The molecule has 1 saturated carbocycles. The fourth-order valence-electron chi connectivity index (χ4n) is 3.95. The molecule has 1 heterocycles. The van der Waals surface area contributed by atoms with Crippen molar-refractivity contribution in [3.8, 4) is 0 Å². The number of carbonyl (C=O) groups excluding carboxylic acids is 1.